The number of hydrogen-bond acceptors (Lipinski definition) is 3. The van der Waals surface area contributed by atoms with Crippen molar-refractivity contribution < 1.29 is 45.9 Å². The molecular weight excluding hydrogens is 394 g/mol. The van der Waals surface area contributed by atoms with Crippen molar-refractivity contribution in [2.75, 3.05) is 0 Å². The van der Waals surface area contributed by atoms with Crippen molar-refractivity contribution in [3.63, 3.8) is 0 Å². The summed E-state index contributed by atoms with van der Waals surface area (Å²) in [6.45, 7) is 16.9. The van der Waals surface area contributed by atoms with Crippen LogP contribution in [0.25, 0.3) is 0 Å². The molecule has 5 heteroatoms. The van der Waals surface area contributed by atoms with Crippen molar-refractivity contribution in [1.29, 1.82) is 0 Å². The normalized spacial score (nSPS) is 15.6. The third-order valence-corrected chi connectivity index (χ3v) is 2.87. The van der Waals surface area contributed by atoms with E-state index in [0.29, 0.717) is 0 Å². The second-order valence-corrected chi connectivity index (χ2v) is 4.88. The number of allylic oxidation sites excluding steroid dienone is 9. The first kappa shape index (κ1) is 30.6. The second kappa shape index (κ2) is 37.7. The molecule has 0 aromatic carbocycles. The average molecular weight is 416 g/mol. The molecule has 2 aliphatic carbocycles. The predicted molar refractivity (Wildman–Crippen MR) is 90.7 cm³/mol. The zero-order valence-electron chi connectivity index (χ0n) is 13.5. The van der Waals surface area contributed by atoms with Gasteiger partial charge in [0.2, 0.25) is 0 Å². The molecule has 0 aromatic heterocycles. The molecule has 0 aliphatic heterocycles. The van der Waals surface area contributed by atoms with E-state index in [1.165, 1.54) is 25.7 Å². The Hall–Kier alpha value is -1.28. The van der Waals surface area contributed by atoms with Gasteiger partial charge in [0, 0.05) is 0 Å². The topological polar surface area (TPSA) is 51.2 Å². The Kier molecular flexibility index (Phi) is 48.1. The van der Waals surface area contributed by atoms with Gasteiger partial charge in [0.25, 0.3) is 20.4 Å². The van der Waals surface area contributed by atoms with Gasteiger partial charge in [-0.1, -0.05) is 24.3 Å². The van der Waals surface area contributed by atoms with Gasteiger partial charge < -0.3 is 0 Å². The van der Waals surface area contributed by atoms with Gasteiger partial charge in [-0.3, -0.25) is 14.4 Å². The van der Waals surface area contributed by atoms with Crippen LogP contribution in [0, 0.1) is 0 Å². The molecule has 6 radical (unpaired) electrons. The first-order valence-corrected chi connectivity index (χ1v) is 8.12. The van der Waals surface area contributed by atoms with Crippen LogP contribution in [0.15, 0.2) is 59.7 Å². The molecule has 0 aromatic rings. The summed E-state index contributed by atoms with van der Waals surface area (Å²) in [4.78, 5) is 22.5. The van der Waals surface area contributed by atoms with Crippen LogP contribution in [0.3, 0.4) is 0 Å². The molecule has 2 rings (SSSR count). The van der Waals surface area contributed by atoms with E-state index in [0.717, 1.165) is 16.3 Å². The van der Waals surface area contributed by atoms with E-state index in [2.05, 4.69) is 88.8 Å². The SMILES string of the molecule is C1=C\CCCC\C=C/1.C=C[CH2][Co].[C]=O.[C]=O.[C]=O.[Co][C]1=CC=CC1. The van der Waals surface area contributed by atoms with Crippen LogP contribution in [0.1, 0.15) is 32.1 Å². The Morgan fingerprint density at radius 1 is 0.917 bits per heavy atom. The number of rotatable bonds is 1. The van der Waals surface area contributed by atoms with E-state index < -0.39 is 0 Å². The summed E-state index contributed by atoms with van der Waals surface area (Å²) in [6.07, 6.45) is 22.9. The molecule has 0 amide bonds. The van der Waals surface area contributed by atoms with Crippen LogP contribution >= 0.6 is 0 Å². The fourth-order valence-corrected chi connectivity index (χ4v) is 1.51. The van der Waals surface area contributed by atoms with E-state index in [9.17, 15) is 0 Å². The molecule has 0 N–H and O–H groups in total. The van der Waals surface area contributed by atoms with Crippen molar-refractivity contribution in [2.24, 2.45) is 0 Å². The number of carbonyl (C=O) groups excluding carboxylic acids is 3. The molecule has 0 fully saturated rings. The van der Waals surface area contributed by atoms with Gasteiger partial charge in [0.05, 0.1) is 0 Å². The maximum absolute atomic E-state index is 7.50. The third-order valence-electron chi connectivity index (χ3n) is 2.18. The Bertz CT molecular complexity index is 343. The van der Waals surface area contributed by atoms with Crippen LogP contribution in [0.4, 0.5) is 0 Å². The molecule has 0 spiro atoms. The first-order chi connectivity index (χ1) is 11.8. The summed E-state index contributed by atoms with van der Waals surface area (Å²) in [7, 11) is 0. The number of hydrogen-bond donors (Lipinski definition) is 0. The fourth-order valence-electron chi connectivity index (χ4n) is 1.29. The summed E-state index contributed by atoms with van der Waals surface area (Å²) >= 11 is 7.98. The molecular formula is C19H22Co2O3. The van der Waals surface area contributed by atoms with Crippen molar-refractivity contribution in [3.8, 4) is 0 Å². The van der Waals surface area contributed by atoms with Crippen molar-refractivity contribution >= 4 is 20.4 Å². The van der Waals surface area contributed by atoms with Gasteiger partial charge in [-0.2, -0.15) is 0 Å². The van der Waals surface area contributed by atoms with Gasteiger partial charge in [-0.05, 0) is 25.7 Å². The minimum atomic E-state index is 0.771. The molecule has 0 saturated carbocycles. The van der Waals surface area contributed by atoms with Crippen LogP contribution in [-0.4, -0.2) is 20.4 Å². The Labute approximate surface area is 163 Å². The van der Waals surface area contributed by atoms with Gasteiger partial charge in [0.15, 0.2) is 0 Å². The van der Waals surface area contributed by atoms with Crippen LogP contribution < -0.4 is 0 Å². The van der Waals surface area contributed by atoms with E-state index in [1.54, 1.807) is 6.08 Å². The maximum atomic E-state index is 7.50. The van der Waals surface area contributed by atoms with Crippen molar-refractivity contribution in [1.82, 2.24) is 0 Å². The van der Waals surface area contributed by atoms with Gasteiger partial charge in [-0.25, -0.2) is 0 Å². The van der Waals surface area contributed by atoms with Crippen molar-refractivity contribution in [2.45, 2.75) is 37.5 Å². The zero-order valence-corrected chi connectivity index (χ0v) is 15.5. The van der Waals surface area contributed by atoms with E-state index in [1.807, 2.05) is 12.2 Å². The molecule has 24 heavy (non-hydrogen) atoms. The van der Waals surface area contributed by atoms with Crippen LogP contribution in [-0.2, 0) is 45.9 Å². The minimum absolute atomic E-state index is 0.771. The molecule has 134 valence electrons. The molecule has 3 nitrogen and oxygen atoms in total. The van der Waals surface area contributed by atoms with E-state index in [4.69, 9.17) is 14.4 Å². The van der Waals surface area contributed by atoms with Gasteiger partial charge in [-0.15, -0.1) is 0 Å². The monoisotopic (exact) mass is 416 g/mol. The van der Waals surface area contributed by atoms with Gasteiger partial charge >= 0.3 is 78.6 Å². The molecule has 0 saturated heterocycles. The molecule has 0 atom stereocenters. The average Bonchev–Trinajstić information content (AvgIpc) is 3.11. The van der Waals surface area contributed by atoms with E-state index in [-0.39, 0.29) is 0 Å². The van der Waals surface area contributed by atoms with Crippen LogP contribution in [0.2, 0.25) is 5.36 Å². The Balaban J connectivity index is -0.000000112. The second-order valence-electron chi connectivity index (χ2n) is 3.78. The molecule has 0 bridgehead atoms. The molecule has 0 heterocycles. The standard InChI is InChI=1S/C8H12.C5H5.C3H5.3CO.2Co/c1-2-4-6-8-7-5-3-1;1-2-4-5-3-1;1-3-2;3*1-2;;/h1-4H,5-8H2;1-3H,4H2;3H,1-2H2;;;;;/b3-1-,4-2-;;;;;;;. The quantitative estimate of drug-likeness (QED) is 0.608. The van der Waals surface area contributed by atoms with Crippen LogP contribution in [0.5, 0.6) is 0 Å². The van der Waals surface area contributed by atoms with Crippen molar-refractivity contribution in [3.05, 3.63) is 59.7 Å². The summed E-state index contributed by atoms with van der Waals surface area (Å²) in [5, 5.41) is 0.771. The predicted octanol–water partition coefficient (Wildman–Crippen LogP) is 4.00. The fraction of sp³-hybridized carbons (Fsp3) is 0.316. The zero-order chi connectivity index (χ0) is 19.5. The Morgan fingerprint density at radius 2 is 1.33 bits per heavy atom. The summed E-state index contributed by atoms with van der Waals surface area (Å²) in [5.74, 6) is 0. The third kappa shape index (κ3) is 37.2. The first-order valence-electron chi connectivity index (χ1n) is 6.86. The summed E-state index contributed by atoms with van der Waals surface area (Å²) < 4.78 is 1.16. The summed E-state index contributed by atoms with van der Waals surface area (Å²) in [5.41, 5.74) is 0. The molecule has 2 aliphatic rings. The Morgan fingerprint density at radius 3 is 1.54 bits per heavy atom. The van der Waals surface area contributed by atoms with Gasteiger partial charge in [0.1, 0.15) is 0 Å². The summed E-state index contributed by atoms with van der Waals surface area (Å²) in [6, 6.07) is 0. The van der Waals surface area contributed by atoms with E-state index >= 15 is 0 Å². The molecule has 0 unspecified atom stereocenters.